The fourth-order valence-electron chi connectivity index (χ4n) is 1.91. The minimum atomic E-state index is 1.18. The Kier molecular flexibility index (Phi) is 7.98. The molecule has 0 radical (unpaired) electrons. The van der Waals surface area contributed by atoms with Gasteiger partial charge in [-0.15, -0.1) is 0 Å². The first kappa shape index (κ1) is 18.5. The van der Waals surface area contributed by atoms with E-state index >= 15 is 0 Å². The van der Waals surface area contributed by atoms with Gasteiger partial charge in [-0.1, -0.05) is 17.7 Å². The summed E-state index contributed by atoms with van der Waals surface area (Å²) in [6.45, 7) is 17.3. The lowest BCUT2D eigenvalue weighted by atomic mass is 9.94. The summed E-state index contributed by atoms with van der Waals surface area (Å²) in [6.07, 6.45) is 6.58. The summed E-state index contributed by atoms with van der Waals surface area (Å²) in [5.74, 6) is 0. The minimum absolute atomic E-state index is 1.18. The van der Waals surface area contributed by atoms with Crippen molar-refractivity contribution in [2.75, 3.05) is 7.05 Å². The molecule has 0 saturated heterocycles. The maximum Gasteiger partial charge on any atom is 0.00751 e. The molecule has 0 amide bonds. The van der Waals surface area contributed by atoms with Gasteiger partial charge in [-0.2, -0.15) is 0 Å². The van der Waals surface area contributed by atoms with Gasteiger partial charge < -0.3 is 5.32 Å². The maximum absolute atomic E-state index is 3.17. The monoisotopic (exact) mass is 273 g/mol. The van der Waals surface area contributed by atoms with Gasteiger partial charge in [0.05, 0.1) is 0 Å². The molecule has 20 heavy (non-hydrogen) atoms. The molecule has 0 bridgehead atoms. The quantitative estimate of drug-likeness (QED) is 0.634. The predicted molar refractivity (Wildman–Crippen MR) is 92.8 cm³/mol. The van der Waals surface area contributed by atoms with Crippen LogP contribution in [-0.4, -0.2) is 7.05 Å². The van der Waals surface area contributed by atoms with Crippen LogP contribution in [0.5, 0.6) is 0 Å². The van der Waals surface area contributed by atoms with Gasteiger partial charge >= 0.3 is 0 Å². The van der Waals surface area contributed by atoms with Crippen molar-refractivity contribution in [3.63, 3.8) is 0 Å². The van der Waals surface area contributed by atoms with E-state index in [1.54, 1.807) is 0 Å². The highest BCUT2D eigenvalue weighted by Gasteiger charge is 2.04. The van der Waals surface area contributed by atoms with Crippen molar-refractivity contribution in [3.05, 3.63) is 57.4 Å². The summed E-state index contributed by atoms with van der Waals surface area (Å²) in [4.78, 5) is 0. The van der Waals surface area contributed by atoms with Crippen molar-refractivity contribution < 1.29 is 0 Å². The molecule has 0 aliphatic heterocycles. The smallest absolute Gasteiger partial charge is 0.00751 e. The Balaban J connectivity index is 5.61. The van der Waals surface area contributed by atoms with Crippen molar-refractivity contribution in [2.24, 2.45) is 0 Å². The molecular weight excluding hydrogens is 242 g/mol. The molecule has 1 nitrogen and oxygen atoms in total. The molecule has 0 aliphatic carbocycles. The van der Waals surface area contributed by atoms with E-state index in [0.29, 0.717) is 0 Å². The average molecular weight is 273 g/mol. The van der Waals surface area contributed by atoms with Crippen molar-refractivity contribution in [1.29, 1.82) is 0 Å². The highest BCUT2D eigenvalue weighted by molar-refractivity contribution is 5.46. The van der Waals surface area contributed by atoms with Gasteiger partial charge in [0.25, 0.3) is 0 Å². The van der Waals surface area contributed by atoms with Crippen LogP contribution in [0.1, 0.15) is 55.4 Å². The third kappa shape index (κ3) is 5.64. The standard InChI is InChI=1S/C19H31N/c1-10-13(2)11-14(3)17(6)19(8)18(7)15(4)12-16(5)20-9/h10-12,20H,1-9H3/b13-10-,14-11?,16-12?,18-15-,19-17?. The van der Waals surface area contributed by atoms with Crippen LogP contribution < -0.4 is 5.32 Å². The van der Waals surface area contributed by atoms with Crippen LogP contribution >= 0.6 is 0 Å². The molecule has 0 aromatic rings. The lowest BCUT2D eigenvalue weighted by Gasteiger charge is -2.12. The van der Waals surface area contributed by atoms with E-state index in [2.05, 4.69) is 78.9 Å². The highest BCUT2D eigenvalue weighted by atomic mass is 14.8. The van der Waals surface area contributed by atoms with Crippen molar-refractivity contribution in [2.45, 2.75) is 55.4 Å². The number of allylic oxidation sites excluding steroid dienone is 10. The van der Waals surface area contributed by atoms with Gasteiger partial charge in [-0.25, -0.2) is 0 Å². The summed E-state index contributed by atoms with van der Waals surface area (Å²) in [6, 6.07) is 0. The number of nitrogens with one attached hydrogen (secondary N) is 1. The lowest BCUT2D eigenvalue weighted by Crippen LogP contribution is -2.02. The number of hydrogen-bond donors (Lipinski definition) is 1. The van der Waals surface area contributed by atoms with Crippen LogP contribution in [0.15, 0.2) is 57.4 Å². The van der Waals surface area contributed by atoms with Crippen LogP contribution in [0, 0.1) is 0 Å². The maximum atomic E-state index is 3.17. The van der Waals surface area contributed by atoms with E-state index in [9.17, 15) is 0 Å². The molecule has 0 aliphatic rings. The lowest BCUT2D eigenvalue weighted by molar-refractivity contribution is 0.984. The molecule has 0 rings (SSSR count). The molecule has 1 N–H and O–H groups in total. The molecule has 0 saturated carbocycles. The fourth-order valence-corrected chi connectivity index (χ4v) is 1.91. The van der Waals surface area contributed by atoms with Crippen LogP contribution in [0.25, 0.3) is 0 Å². The van der Waals surface area contributed by atoms with Gasteiger partial charge in [0.2, 0.25) is 0 Å². The SMILES string of the molecule is C/C=C(/C)C=C(C)C(C)=C(C)/C(C)=C(/C)C=C(C)NC. The molecular formula is C19H31N. The van der Waals surface area contributed by atoms with E-state index in [0.717, 1.165) is 0 Å². The van der Waals surface area contributed by atoms with E-state index in [1.807, 2.05) is 7.05 Å². The normalized spacial score (nSPS) is 16.8. The van der Waals surface area contributed by atoms with Crippen LogP contribution in [0.4, 0.5) is 0 Å². The Morgan fingerprint density at radius 2 is 1.30 bits per heavy atom. The first-order valence-corrected chi connectivity index (χ1v) is 7.27. The Morgan fingerprint density at radius 3 is 1.75 bits per heavy atom. The van der Waals surface area contributed by atoms with Crippen molar-refractivity contribution in [3.8, 4) is 0 Å². The third-order valence-electron chi connectivity index (χ3n) is 4.03. The number of rotatable bonds is 5. The topological polar surface area (TPSA) is 12.0 Å². The summed E-state index contributed by atoms with van der Waals surface area (Å²) < 4.78 is 0. The molecule has 0 heterocycles. The van der Waals surface area contributed by atoms with E-state index in [-0.39, 0.29) is 0 Å². The molecule has 0 atom stereocenters. The number of hydrogen-bond acceptors (Lipinski definition) is 1. The van der Waals surface area contributed by atoms with E-state index < -0.39 is 0 Å². The first-order chi connectivity index (χ1) is 9.24. The predicted octanol–water partition coefficient (Wildman–Crippen LogP) is 5.69. The van der Waals surface area contributed by atoms with Gasteiger partial charge in [0.15, 0.2) is 0 Å². The highest BCUT2D eigenvalue weighted by Crippen LogP contribution is 2.23. The summed E-state index contributed by atoms with van der Waals surface area (Å²) in [5, 5.41) is 3.17. The summed E-state index contributed by atoms with van der Waals surface area (Å²) in [5.41, 5.74) is 9.20. The van der Waals surface area contributed by atoms with E-state index in [1.165, 1.54) is 39.1 Å². The molecule has 0 unspecified atom stereocenters. The zero-order valence-corrected chi connectivity index (χ0v) is 14.7. The molecule has 0 fully saturated rings. The van der Waals surface area contributed by atoms with E-state index in [4.69, 9.17) is 0 Å². The van der Waals surface area contributed by atoms with Crippen LogP contribution in [-0.2, 0) is 0 Å². The summed E-state index contributed by atoms with van der Waals surface area (Å²) >= 11 is 0. The Hall–Kier alpha value is -1.50. The second kappa shape index (κ2) is 8.63. The molecule has 0 aromatic heterocycles. The van der Waals surface area contributed by atoms with Gasteiger partial charge in [0, 0.05) is 12.7 Å². The van der Waals surface area contributed by atoms with Crippen LogP contribution in [0.2, 0.25) is 0 Å². The van der Waals surface area contributed by atoms with Gasteiger partial charge in [0.1, 0.15) is 0 Å². The Bertz CT molecular complexity index is 494. The third-order valence-corrected chi connectivity index (χ3v) is 4.03. The van der Waals surface area contributed by atoms with Crippen LogP contribution in [0.3, 0.4) is 0 Å². The second-order valence-electron chi connectivity index (χ2n) is 5.50. The Morgan fingerprint density at radius 1 is 0.750 bits per heavy atom. The first-order valence-electron chi connectivity index (χ1n) is 7.27. The van der Waals surface area contributed by atoms with Gasteiger partial charge in [-0.05, 0) is 89.3 Å². The molecule has 1 heteroatoms. The minimum Gasteiger partial charge on any atom is -0.392 e. The zero-order chi connectivity index (χ0) is 15.9. The summed E-state index contributed by atoms with van der Waals surface area (Å²) in [7, 11) is 1.95. The largest absolute Gasteiger partial charge is 0.392 e. The fraction of sp³-hybridized carbons (Fsp3) is 0.474. The second-order valence-corrected chi connectivity index (χ2v) is 5.50. The molecule has 112 valence electrons. The van der Waals surface area contributed by atoms with Crippen molar-refractivity contribution >= 4 is 0 Å². The Labute approximate surface area is 125 Å². The van der Waals surface area contributed by atoms with Crippen molar-refractivity contribution in [1.82, 2.24) is 5.32 Å². The average Bonchev–Trinajstić information content (AvgIpc) is 2.43. The zero-order valence-electron chi connectivity index (χ0n) is 14.7. The van der Waals surface area contributed by atoms with Gasteiger partial charge in [-0.3, -0.25) is 0 Å². The molecule has 0 aromatic carbocycles. The molecule has 0 spiro atoms.